The highest BCUT2D eigenvalue weighted by molar-refractivity contribution is 5.39. The molecule has 0 saturated carbocycles. The van der Waals surface area contributed by atoms with Crippen LogP contribution in [0, 0.1) is 10.1 Å². The molecule has 0 saturated heterocycles. The van der Waals surface area contributed by atoms with Crippen molar-refractivity contribution in [2.75, 3.05) is 11.9 Å². The second-order valence-electron chi connectivity index (χ2n) is 3.66. The van der Waals surface area contributed by atoms with Gasteiger partial charge in [0.25, 0.3) is 5.69 Å². The highest BCUT2D eigenvalue weighted by Gasteiger charge is 2.25. The molecule has 0 fully saturated rings. The largest absolute Gasteiger partial charge is 0.389 e. The lowest BCUT2D eigenvalue weighted by Gasteiger charge is -2.07. The highest BCUT2D eigenvalue weighted by atomic mass is 19.4. The summed E-state index contributed by atoms with van der Waals surface area (Å²) in [5, 5.41) is 13.1. The van der Waals surface area contributed by atoms with Crippen LogP contribution in [0.4, 0.5) is 24.7 Å². The van der Waals surface area contributed by atoms with Crippen LogP contribution in [-0.4, -0.2) is 22.6 Å². The Balaban J connectivity index is 2.25. The predicted octanol–water partition coefficient (Wildman–Crippen LogP) is 3.13. The Bertz CT molecular complexity index is 392. The third-order valence-electron chi connectivity index (χ3n) is 2.15. The number of anilines is 1. The van der Waals surface area contributed by atoms with Crippen LogP contribution in [0.3, 0.4) is 0 Å². The van der Waals surface area contributed by atoms with Crippen LogP contribution < -0.4 is 5.32 Å². The molecule has 0 aliphatic heterocycles. The van der Waals surface area contributed by atoms with Gasteiger partial charge in [-0.1, -0.05) is 0 Å². The van der Waals surface area contributed by atoms with Gasteiger partial charge in [0, 0.05) is 19.0 Å². The van der Waals surface area contributed by atoms with Crippen molar-refractivity contribution in [1.29, 1.82) is 0 Å². The number of nitro groups is 1. The van der Waals surface area contributed by atoms with Crippen LogP contribution >= 0.6 is 0 Å². The molecule has 8 heteroatoms. The van der Waals surface area contributed by atoms with Gasteiger partial charge >= 0.3 is 6.18 Å². The third-order valence-corrected chi connectivity index (χ3v) is 2.15. The summed E-state index contributed by atoms with van der Waals surface area (Å²) >= 11 is 0. The lowest BCUT2D eigenvalue weighted by atomic mass is 10.2. The summed E-state index contributed by atoms with van der Waals surface area (Å²) in [6.45, 7) is 0.348. The predicted molar refractivity (Wildman–Crippen MR) is 59.3 cm³/mol. The Morgan fingerprint density at radius 2 is 2.06 bits per heavy atom. The summed E-state index contributed by atoms with van der Waals surface area (Å²) in [6, 6.07) is 2.70. The number of hydrogen-bond donors (Lipinski definition) is 1. The molecule has 100 valence electrons. The number of nitrogens with one attached hydrogen (secondary N) is 1. The number of aromatic nitrogens is 1. The molecule has 1 heterocycles. The molecule has 1 N–H and O–H groups in total. The Hall–Kier alpha value is -1.86. The molecule has 18 heavy (non-hydrogen) atoms. The van der Waals surface area contributed by atoms with Gasteiger partial charge in [0.05, 0.1) is 4.92 Å². The maximum Gasteiger partial charge on any atom is 0.389 e. The van der Waals surface area contributed by atoms with E-state index >= 15 is 0 Å². The SMILES string of the molecule is O=[N+]([O-])c1ccc(NCCCCC(F)(F)F)nc1. The molecule has 0 aliphatic rings. The summed E-state index contributed by atoms with van der Waals surface area (Å²) in [6.07, 6.45) is -3.42. The smallest absolute Gasteiger partial charge is 0.370 e. The molecule has 0 unspecified atom stereocenters. The number of pyridine rings is 1. The van der Waals surface area contributed by atoms with Gasteiger partial charge in [-0.15, -0.1) is 0 Å². The zero-order valence-corrected chi connectivity index (χ0v) is 9.41. The fourth-order valence-corrected chi connectivity index (χ4v) is 1.27. The number of rotatable bonds is 6. The van der Waals surface area contributed by atoms with E-state index in [2.05, 4.69) is 10.3 Å². The fourth-order valence-electron chi connectivity index (χ4n) is 1.27. The maximum absolute atomic E-state index is 11.8. The molecule has 1 aromatic heterocycles. The summed E-state index contributed by atoms with van der Waals surface area (Å²) in [5.41, 5.74) is -0.127. The van der Waals surface area contributed by atoms with E-state index in [1.165, 1.54) is 12.1 Å². The topological polar surface area (TPSA) is 68.1 Å². The second kappa shape index (κ2) is 6.18. The van der Waals surface area contributed by atoms with Crippen molar-refractivity contribution < 1.29 is 18.1 Å². The Kier molecular flexibility index (Phi) is 4.87. The number of alkyl halides is 3. The minimum Gasteiger partial charge on any atom is -0.370 e. The Morgan fingerprint density at radius 1 is 1.33 bits per heavy atom. The summed E-state index contributed by atoms with van der Waals surface area (Å²) in [5.74, 6) is 0.410. The van der Waals surface area contributed by atoms with Crippen LogP contribution in [-0.2, 0) is 0 Å². The van der Waals surface area contributed by atoms with Crippen LogP contribution in [0.25, 0.3) is 0 Å². The molecular weight excluding hydrogens is 251 g/mol. The summed E-state index contributed by atoms with van der Waals surface area (Å²) < 4.78 is 35.5. The molecule has 0 aliphatic carbocycles. The average Bonchev–Trinajstić information content (AvgIpc) is 2.27. The second-order valence-corrected chi connectivity index (χ2v) is 3.66. The number of halogens is 3. The fraction of sp³-hybridized carbons (Fsp3) is 0.500. The van der Waals surface area contributed by atoms with Crippen molar-refractivity contribution in [2.45, 2.75) is 25.4 Å². The lowest BCUT2D eigenvalue weighted by Crippen LogP contribution is -2.09. The zero-order valence-electron chi connectivity index (χ0n) is 9.41. The van der Waals surface area contributed by atoms with Crippen molar-refractivity contribution in [3.63, 3.8) is 0 Å². The molecule has 1 aromatic rings. The van der Waals surface area contributed by atoms with Crippen LogP contribution in [0.15, 0.2) is 18.3 Å². The van der Waals surface area contributed by atoms with Crippen molar-refractivity contribution in [3.8, 4) is 0 Å². The quantitative estimate of drug-likeness (QED) is 0.486. The first-order chi connectivity index (χ1) is 8.38. The van der Waals surface area contributed by atoms with Crippen LogP contribution in [0.2, 0.25) is 0 Å². The van der Waals surface area contributed by atoms with Gasteiger partial charge in [0.1, 0.15) is 12.0 Å². The van der Waals surface area contributed by atoms with Gasteiger partial charge in [-0.25, -0.2) is 4.98 Å². The molecule has 1 rings (SSSR count). The van der Waals surface area contributed by atoms with E-state index in [0.29, 0.717) is 18.8 Å². The Labute approximate surface area is 101 Å². The highest BCUT2D eigenvalue weighted by Crippen LogP contribution is 2.22. The molecule has 0 aromatic carbocycles. The molecule has 0 spiro atoms. The van der Waals surface area contributed by atoms with Gasteiger partial charge in [0.15, 0.2) is 0 Å². The molecule has 5 nitrogen and oxygen atoms in total. The standard InChI is InChI=1S/C10H12F3N3O2/c11-10(12,13)5-1-2-6-14-9-4-3-8(7-15-9)16(17)18/h3-4,7H,1-2,5-6H2,(H,14,15). The van der Waals surface area contributed by atoms with Crippen molar-refractivity contribution in [2.24, 2.45) is 0 Å². The maximum atomic E-state index is 11.8. The average molecular weight is 263 g/mol. The van der Waals surface area contributed by atoms with Gasteiger partial charge in [-0.05, 0) is 18.9 Å². The first kappa shape index (κ1) is 14.2. The van der Waals surface area contributed by atoms with E-state index in [-0.39, 0.29) is 12.1 Å². The minimum absolute atomic E-state index is 0.0451. The number of hydrogen-bond acceptors (Lipinski definition) is 4. The van der Waals surface area contributed by atoms with Gasteiger partial charge in [0.2, 0.25) is 0 Å². The Morgan fingerprint density at radius 3 is 2.56 bits per heavy atom. The van der Waals surface area contributed by atoms with Crippen LogP contribution in [0.5, 0.6) is 0 Å². The first-order valence-electron chi connectivity index (χ1n) is 5.29. The van der Waals surface area contributed by atoms with E-state index in [9.17, 15) is 23.3 Å². The normalized spacial score (nSPS) is 11.3. The van der Waals surface area contributed by atoms with E-state index in [1.54, 1.807) is 0 Å². The molecule has 0 bridgehead atoms. The first-order valence-corrected chi connectivity index (χ1v) is 5.29. The summed E-state index contributed by atoms with van der Waals surface area (Å²) in [7, 11) is 0. The lowest BCUT2D eigenvalue weighted by molar-refractivity contribution is -0.385. The van der Waals surface area contributed by atoms with E-state index in [1.807, 2.05) is 0 Å². The van der Waals surface area contributed by atoms with Crippen molar-refractivity contribution in [3.05, 3.63) is 28.4 Å². The van der Waals surface area contributed by atoms with Gasteiger partial charge in [-0.2, -0.15) is 13.2 Å². The van der Waals surface area contributed by atoms with E-state index in [4.69, 9.17) is 0 Å². The van der Waals surface area contributed by atoms with Gasteiger partial charge in [-0.3, -0.25) is 10.1 Å². The molecular formula is C10H12F3N3O2. The zero-order chi connectivity index (χ0) is 13.6. The molecule has 0 radical (unpaired) electrons. The molecule has 0 amide bonds. The van der Waals surface area contributed by atoms with Crippen molar-refractivity contribution >= 4 is 11.5 Å². The third kappa shape index (κ3) is 5.46. The van der Waals surface area contributed by atoms with Gasteiger partial charge < -0.3 is 5.32 Å². The van der Waals surface area contributed by atoms with E-state index < -0.39 is 17.5 Å². The summed E-state index contributed by atoms with van der Waals surface area (Å²) in [4.78, 5) is 13.5. The van der Waals surface area contributed by atoms with E-state index in [0.717, 1.165) is 6.20 Å². The monoisotopic (exact) mass is 263 g/mol. The minimum atomic E-state index is -4.12. The number of nitrogens with zero attached hydrogens (tertiary/aromatic N) is 2. The van der Waals surface area contributed by atoms with Crippen molar-refractivity contribution in [1.82, 2.24) is 4.98 Å². The molecule has 0 atom stereocenters. The number of unbranched alkanes of at least 4 members (excludes halogenated alkanes) is 1. The van der Waals surface area contributed by atoms with Crippen LogP contribution in [0.1, 0.15) is 19.3 Å².